The van der Waals surface area contributed by atoms with Crippen LogP contribution >= 0.6 is 0 Å². The number of urea groups is 1. The lowest BCUT2D eigenvalue weighted by Gasteiger charge is -2.20. The quantitative estimate of drug-likeness (QED) is 0.755. The number of fused-ring (bicyclic) bond motifs is 1. The summed E-state index contributed by atoms with van der Waals surface area (Å²) in [5.74, 6) is -0.0288. The summed E-state index contributed by atoms with van der Waals surface area (Å²) >= 11 is 0. The zero-order valence-electron chi connectivity index (χ0n) is 16.3. The van der Waals surface area contributed by atoms with Crippen molar-refractivity contribution in [2.75, 3.05) is 6.54 Å². The molecule has 0 atom stereocenters. The van der Waals surface area contributed by atoms with Crippen LogP contribution in [0.1, 0.15) is 56.8 Å². The van der Waals surface area contributed by atoms with Crippen molar-refractivity contribution in [2.45, 2.75) is 64.6 Å². The van der Waals surface area contributed by atoms with E-state index in [1.807, 2.05) is 43.5 Å². The lowest BCUT2D eigenvalue weighted by atomic mass is 10.1. The maximum Gasteiger partial charge on any atom is 0.315 e. The van der Waals surface area contributed by atoms with Gasteiger partial charge < -0.3 is 20.5 Å². The van der Waals surface area contributed by atoms with Gasteiger partial charge in [-0.2, -0.15) is 0 Å². The second-order valence-electron chi connectivity index (χ2n) is 8.23. The highest BCUT2D eigenvalue weighted by molar-refractivity contribution is 5.97. The molecule has 1 aliphatic carbocycles. The third-order valence-corrected chi connectivity index (χ3v) is 4.70. The average molecular weight is 371 g/mol. The topological polar surface area (TPSA) is 88.1 Å². The van der Waals surface area contributed by atoms with Crippen LogP contribution in [0, 0.1) is 0 Å². The minimum atomic E-state index is -0.263. The fourth-order valence-electron chi connectivity index (χ4n) is 3.40. The molecule has 0 spiro atoms. The number of nitrogens with one attached hydrogen (secondary N) is 3. The van der Waals surface area contributed by atoms with E-state index in [1.54, 1.807) is 6.33 Å². The largest absolute Gasteiger partial charge is 0.349 e. The maximum atomic E-state index is 12.4. The third-order valence-electron chi connectivity index (χ3n) is 4.70. The summed E-state index contributed by atoms with van der Waals surface area (Å²) in [5.41, 5.74) is 2.11. The monoisotopic (exact) mass is 371 g/mol. The predicted molar refractivity (Wildman–Crippen MR) is 106 cm³/mol. The second kappa shape index (κ2) is 7.98. The summed E-state index contributed by atoms with van der Waals surface area (Å²) in [4.78, 5) is 28.6. The number of nitrogens with zero attached hydrogens (tertiary/aromatic N) is 2. The molecule has 3 rings (SSSR count). The number of rotatable bonds is 5. The van der Waals surface area contributed by atoms with Crippen LogP contribution in [0.25, 0.3) is 11.0 Å². The number of benzene rings is 1. The molecule has 2 aromatic rings. The van der Waals surface area contributed by atoms with Crippen LogP contribution in [0.2, 0.25) is 0 Å². The van der Waals surface area contributed by atoms with Crippen LogP contribution in [0.4, 0.5) is 4.79 Å². The lowest BCUT2D eigenvalue weighted by Crippen LogP contribution is -2.47. The molecule has 7 nitrogen and oxygen atoms in total. The maximum absolute atomic E-state index is 12.4. The van der Waals surface area contributed by atoms with Crippen molar-refractivity contribution in [3.8, 4) is 0 Å². The third kappa shape index (κ3) is 5.21. The SMILES string of the molecule is CC(C)(C)NC(=O)NCCn1cnc2cc(C(=O)NC3CCCC3)ccc21. The number of imidazole rings is 1. The van der Waals surface area contributed by atoms with Gasteiger partial charge in [0.05, 0.1) is 17.4 Å². The smallest absolute Gasteiger partial charge is 0.315 e. The molecular weight excluding hydrogens is 342 g/mol. The van der Waals surface area contributed by atoms with E-state index in [1.165, 1.54) is 12.8 Å². The van der Waals surface area contributed by atoms with Crippen LogP contribution in [0.3, 0.4) is 0 Å². The summed E-state index contributed by atoms with van der Waals surface area (Å²) in [5, 5.41) is 8.82. The van der Waals surface area contributed by atoms with Gasteiger partial charge in [-0.15, -0.1) is 0 Å². The Hall–Kier alpha value is -2.57. The Morgan fingerprint density at radius 1 is 1.22 bits per heavy atom. The standard InChI is InChI=1S/C20H29N5O2/c1-20(2,3)24-19(27)21-10-11-25-13-22-16-12-14(8-9-17(16)25)18(26)23-15-6-4-5-7-15/h8-9,12-13,15H,4-7,10-11H2,1-3H3,(H,23,26)(H2,21,24,27). The van der Waals surface area contributed by atoms with Crippen LogP contribution in [0.5, 0.6) is 0 Å². The highest BCUT2D eigenvalue weighted by Crippen LogP contribution is 2.19. The molecule has 3 N–H and O–H groups in total. The zero-order chi connectivity index (χ0) is 19.4. The van der Waals surface area contributed by atoms with Gasteiger partial charge in [0.25, 0.3) is 5.91 Å². The number of carbonyl (C=O) groups excluding carboxylic acids is 2. The first-order valence-electron chi connectivity index (χ1n) is 9.63. The van der Waals surface area contributed by atoms with Gasteiger partial charge >= 0.3 is 6.03 Å². The lowest BCUT2D eigenvalue weighted by molar-refractivity contribution is 0.0938. The molecule has 146 valence electrons. The Kier molecular flexibility index (Phi) is 5.68. The van der Waals surface area contributed by atoms with Gasteiger partial charge in [0.1, 0.15) is 0 Å². The summed E-state index contributed by atoms with van der Waals surface area (Å²) in [6, 6.07) is 5.70. The Balaban J connectivity index is 1.58. The number of aromatic nitrogens is 2. The minimum absolute atomic E-state index is 0.0288. The van der Waals surface area contributed by atoms with Crippen LogP contribution in [-0.4, -0.2) is 39.6 Å². The van der Waals surface area contributed by atoms with Gasteiger partial charge in [0, 0.05) is 30.2 Å². The van der Waals surface area contributed by atoms with E-state index in [-0.39, 0.29) is 17.5 Å². The van der Waals surface area contributed by atoms with Crippen molar-refractivity contribution in [3.05, 3.63) is 30.1 Å². The predicted octanol–water partition coefficient (Wildman–Crippen LogP) is 2.81. The highest BCUT2D eigenvalue weighted by atomic mass is 16.2. The molecule has 0 radical (unpaired) electrons. The first-order chi connectivity index (χ1) is 12.8. The van der Waals surface area contributed by atoms with E-state index in [4.69, 9.17) is 0 Å². The average Bonchev–Trinajstić information content (AvgIpc) is 3.22. The van der Waals surface area contributed by atoms with Crippen LogP contribution < -0.4 is 16.0 Å². The van der Waals surface area contributed by atoms with Gasteiger partial charge in [0.15, 0.2) is 0 Å². The number of amides is 3. The molecule has 1 aromatic heterocycles. The van der Waals surface area contributed by atoms with Gasteiger partial charge in [-0.3, -0.25) is 4.79 Å². The van der Waals surface area contributed by atoms with Crippen molar-refractivity contribution >= 4 is 23.0 Å². The Bertz CT molecular complexity index is 815. The van der Waals surface area contributed by atoms with Gasteiger partial charge in [-0.05, 0) is 51.8 Å². The molecule has 27 heavy (non-hydrogen) atoms. The Morgan fingerprint density at radius 3 is 2.67 bits per heavy atom. The van der Waals surface area contributed by atoms with E-state index in [2.05, 4.69) is 20.9 Å². The number of carbonyl (C=O) groups is 2. The Morgan fingerprint density at radius 2 is 1.96 bits per heavy atom. The molecule has 0 unspecified atom stereocenters. The molecule has 1 aromatic carbocycles. The first-order valence-corrected chi connectivity index (χ1v) is 9.63. The number of hydrogen-bond acceptors (Lipinski definition) is 3. The molecule has 1 aliphatic rings. The van der Waals surface area contributed by atoms with Gasteiger partial charge in [0.2, 0.25) is 0 Å². The van der Waals surface area contributed by atoms with Crippen LogP contribution in [0.15, 0.2) is 24.5 Å². The highest BCUT2D eigenvalue weighted by Gasteiger charge is 2.18. The summed E-state index contributed by atoms with van der Waals surface area (Å²) in [6.07, 6.45) is 6.26. The molecular formula is C20H29N5O2. The molecule has 1 fully saturated rings. The minimum Gasteiger partial charge on any atom is -0.349 e. The summed E-state index contributed by atoms with van der Waals surface area (Å²) < 4.78 is 1.98. The second-order valence-corrected chi connectivity index (χ2v) is 8.23. The van der Waals surface area contributed by atoms with Crippen molar-refractivity contribution in [3.63, 3.8) is 0 Å². The Labute approximate surface area is 159 Å². The van der Waals surface area contributed by atoms with E-state index < -0.39 is 0 Å². The van der Waals surface area contributed by atoms with Crippen molar-refractivity contribution in [2.24, 2.45) is 0 Å². The van der Waals surface area contributed by atoms with Crippen LogP contribution in [-0.2, 0) is 6.54 Å². The van der Waals surface area contributed by atoms with Gasteiger partial charge in [-0.25, -0.2) is 9.78 Å². The van der Waals surface area contributed by atoms with E-state index >= 15 is 0 Å². The molecule has 0 saturated heterocycles. The fraction of sp³-hybridized carbons (Fsp3) is 0.550. The molecule has 0 aliphatic heterocycles. The summed E-state index contributed by atoms with van der Waals surface area (Å²) in [7, 11) is 0. The zero-order valence-corrected chi connectivity index (χ0v) is 16.3. The number of hydrogen-bond donors (Lipinski definition) is 3. The van der Waals surface area contributed by atoms with E-state index in [9.17, 15) is 9.59 Å². The molecule has 1 saturated carbocycles. The van der Waals surface area contributed by atoms with Gasteiger partial charge in [-0.1, -0.05) is 12.8 Å². The first kappa shape index (κ1) is 19.2. The molecule has 3 amide bonds. The molecule has 7 heteroatoms. The normalized spacial score (nSPS) is 15.1. The van der Waals surface area contributed by atoms with E-state index in [0.29, 0.717) is 24.7 Å². The fourth-order valence-corrected chi connectivity index (χ4v) is 3.40. The molecule has 0 bridgehead atoms. The van der Waals surface area contributed by atoms with Crippen molar-refractivity contribution in [1.82, 2.24) is 25.5 Å². The van der Waals surface area contributed by atoms with Crippen molar-refractivity contribution in [1.29, 1.82) is 0 Å². The molecule has 1 heterocycles. The van der Waals surface area contributed by atoms with E-state index in [0.717, 1.165) is 23.9 Å². The van der Waals surface area contributed by atoms with Crippen molar-refractivity contribution < 1.29 is 9.59 Å². The summed E-state index contributed by atoms with van der Waals surface area (Å²) in [6.45, 7) is 6.93.